The Kier molecular flexibility index (Phi) is 2.67. The number of rotatable bonds is 3. The van der Waals surface area contributed by atoms with Gasteiger partial charge in [0.25, 0.3) is 0 Å². The molecule has 2 aromatic heterocycles. The third kappa shape index (κ3) is 2.03. The minimum atomic E-state index is -0.553. The van der Waals surface area contributed by atoms with Crippen molar-refractivity contribution >= 4 is 0 Å². The molecule has 0 amide bonds. The molecule has 0 N–H and O–H groups in total. The Labute approximate surface area is 109 Å². The van der Waals surface area contributed by atoms with Crippen molar-refractivity contribution < 1.29 is 9.13 Å². The first-order valence-corrected chi connectivity index (χ1v) is 5.94. The van der Waals surface area contributed by atoms with Crippen molar-refractivity contribution in [2.45, 2.75) is 18.9 Å². The van der Waals surface area contributed by atoms with Gasteiger partial charge in [-0.3, -0.25) is 4.68 Å². The van der Waals surface area contributed by atoms with E-state index in [0.29, 0.717) is 5.69 Å². The van der Waals surface area contributed by atoms with Crippen LogP contribution in [0.4, 0.5) is 4.39 Å². The van der Waals surface area contributed by atoms with Crippen LogP contribution in [0.15, 0.2) is 18.5 Å². The van der Waals surface area contributed by atoms with Crippen molar-refractivity contribution in [2.75, 3.05) is 0 Å². The standard InChI is InChI=1S/C13H11FN4O/c1-18-11(4-5-17-18)12-9(6-15)13(16-7-10(12)14)19-8-2-3-8/h4-5,7-8H,2-3H2,1H3. The molecule has 0 bridgehead atoms. The van der Waals surface area contributed by atoms with Crippen LogP contribution in [0.25, 0.3) is 11.3 Å². The summed E-state index contributed by atoms with van der Waals surface area (Å²) in [5, 5.41) is 13.3. The molecule has 5 nitrogen and oxygen atoms in total. The molecule has 19 heavy (non-hydrogen) atoms. The molecule has 96 valence electrons. The summed E-state index contributed by atoms with van der Waals surface area (Å²) in [6.07, 6.45) is 4.64. The zero-order valence-electron chi connectivity index (χ0n) is 10.3. The van der Waals surface area contributed by atoms with E-state index in [0.717, 1.165) is 19.0 Å². The van der Waals surface area contributed by atoms with Crippen LogP contribution in [-0.4, -0.2) is 20.9 Å². The molecule has 2 heterocycles. The van der Waals surface area contributed by atoms with Gasteiger partial charge in [-0.15, -0.1) is 0 Å². The summed E-state index contributed by atoms with van der Waals surface area (Å²) in [5.41, 5.74) is 0.834. The Morgan fingerprint density at radius 1 is 1.53 bits per heavy atom. The quantitative estimate of drug-likeness (QED) is 0.845. The number of ether oxygens (including phenoxy) is 1. The minimum absolute atomic E-state index is 0.101. The predicted molar refractivity (Wildman–Crippen MR) is 64.8 cm³/mol. The fourth-order valence-electron chi connectivity index (χ4n) is 1.88. The summed E-state index contributed by atoms with van der Waals surface area (Å²) in [7, 11) is 1.69. The number of aromatic nitrogens is 3. The first kappa shape index (κ1) is 11.7. The lowest BCUT2D eigenvalue weighted by atomic mass is 10.1. The highest BCUT2D eigenvalue weighted by Gasteiger charge is 2.27. The predicted octanol–water partition coefficient (Wildman–Crippen LogP) is 2.03. The van der Waals surface area contributed by atoms with Gasteiger partial charge >= 0.3 is 0 Å². The molecule has 6 heteroatoms. The summed E-state index contributed by atoms with van der Waals surface area (Å²) in [6.45, 7) is 0. The Morgan fingerprint density at radius 3 is 2.89 bits per heavy atom. The maximum Gasteiger partial charge on any atom is 0.232 e. The number of hydrogen-bond acceptors (Lipinski definition) is 4. The second-order valence-electron chi connectivity index (χ2n) is 4.43. The smallest absolute Gasteiger partial charge is 0.232 e. The molecular formula is C13H11FN4O. The normalized spacial score (nSPS) is 14.2. The number of hydrogen-bond donors (Lipinski definition) is 0. The van der Waals surface area contributed by atoms with E-state index in [1.807, 2.05) is 6.07 Å². The van der Waals surface area contributed by atoms with Crippen molar-refractivity contribution in [3.63, 3.8) is 0 Å². The average molecular weight is 258 g/mol. The summed E-state index contributed by atoms with van der Waals surface area (Å²) in [4.78, 5) is 3.88. The van der Waals surface area contributed by atoms with Gasteiger partial charge in [0, 0.05) is 13.2 Å². The van der Waals surface area contributed by atoms with Gasteiger partial charge < -0.3 is 4.74 Å². The van der Waals surface area contributed by atoms with E-state index in [1.54, 1.807) is 19.3 Å². The van der Waals surface area contributed by atoms with Gasteiger partial charge in [0.15, 0.2) is 5.82 Å². The van der Waals surface area contributed by atoms with Crippen LogP contribution in [0.3, 0.4) is 0 Å². The van der Waals surface area contributed by atoms with Crippen molar-refractivity contribution in [3.8, 4) is 23.2 Å². The van der Waals surface area contributed by atoms with E-state index < -0.39 is 5.82 Å². The van der Waals surface area contributed by atoms with Crippen molar-refractivity contribution in [3.05, 3.63) is 29.8 Å². The molecule has 1 aliphatic carbocycles. The lowest BCUT2D eigenvalue weighted by Crippen LogP contribution is -2.05. The van der Waals surface area contributed by atoms with Gasteiger partial charge in [0.2, 0.25) is 5.88 Å². The summed E-state index contributed by atoms with van der Waals surface area (Å²) >= 11 is 0. The average Bonchev–Trinajstić information content (AvgIpc) is 3.12. The first-order chi connectivity index (χ1) is 9.20. The molecule has 0 spiro atoms. The highest BCUT2D eigenvalue weighted by Crippen LogP contribution is 2.34. The van der Waals surface area contributed by atoms with Gasteiger partial charge in [-0.2, -0.15) is 10.4 Å². The first-order valence-electron chi connectivity index (χ1n) is 5.94. The number of pyridine rings is 1. The third-order valence-electron chi connectivity index (χ3n) is 2.99. The molecule has 0 aliphatic heterocycles. The van der Waals surface area contributed by atoms with Crippen molar-refractivity contribution in [1.82, 2.24) is 14.8 Å². The fraction of sp³-hybridized carbons (Fsp3) is 0.308. The second-order valence-corrected chi connectivity index (χ2v) is 4.43. The number of nitriles is 1. The van der Waals surface area contributed by atoms with Gasteiger partial charge in [0.1, 0.15) is 17.7 Å². The van der Waals surface area contributed by atoms with Crippen LogP contribution in [0.2, 0.25) is 0 Å². The molecule has 0 aromatic carbocycles. The van der Waals surface area contributed by atoms with E-state index in [4.69, 9.17) is 4.74 Å². The molecule has 0 saturated heterocycles. The van der Waals surface area contributed by atoms with E-state index in [2.05, 4.69) is 10.1 Å². The van der Waals surface area contributed by atoms with Gasteiger partial charge in [-0.1, -0.05) is 0 Å². The zero-order valence-corrected chi connectivity index (χ0v) is 10.3. The summed E-state index contributed by atoms with van der Waals surface area (Å²) < 4.78 is 21.1. The van der Waals surface area contributed by atoms with Crippen LogP contribution in [-0.2, 0) is 7.05 Å². The number of aryl methyl sites for hydroxylation is 1. The zero-order chi connectivity index (χ0) is 13.4. The van der Waals surface area contributed by atoms with E-state index in [-0.39, 0.29) is 23.1 Å². The fourth-order valence-corrected chi connectivity index (χ4v) is 1.88. The molecule has 0 radical (unpaired) electrons. The highest BCUT2D eigenvalue weighted by atomic mass is 19.1. The van der Waals surface area contributed by atoms with Gasteiger partial charge in [0.05, 0.1) is 17.5 Å². The number of nitrogens with zero attached hydrogens (tertiary/aromatic N) is 4. The Balaban J connectivity index is 2.16. The van der Waals surface area contributed by atoms with Crippen molar-refractivity contribution in [1.29, 1.82) is 5.26 Å². The monoisotopic (exact) mass is 258 g/mol. The SMILES string of the molecule is Cn1nccc1-c1c(F)cnc(OC2CC2)c1C#N. The molecular weight excluding hydrogens is 247 g/mol. The molecule has 0 atom stereocenters. The van der Waals surface area contributed by atoms with Crippen molar-refractivity contribution in [2.24, 2.45) is 7.05 Å². The van der Waals surface area contributed by atoms with Crippen LogP contribution < -0.4 is 4.74 Å². The summed E-state index contributed by atoms with van der Waals surface area (Å²) in [6, 6.07) is 3.64. The Morgan fingerprint density at radius 2 is 2.32 bits per heavy atom. The highest BCUT2D eigenvalue weighted by molar-refractivity contribution is 5.70. The molecule has 1 fully saturated rings. The molecule has 1 saturated carbocycles. The minimum Gasteiger partial charge on any atom is -0.473 e. The van der Waals surface area contributed by atoms with Crippen LogP contribution in [0.5, 0.6) is 5.88 Å². The Bertz CT molecular complexity index is 670. The maximum atomic E-state index is 14.0. The topological polar surface area (TPSA) is 63.7 Å². The Hall–Kier alpha value is -2.42. The largest absolute Gasteiger partial charge is 0.473 e. The lowest BCUT2D eigenvalue weighted by molar-refractivity contribution is 0.289. The van der Waals surface area contributed by atoms with E-state index in [9.17, 15) is 9.65 Å². The molecule has 3 rings (SSSR count). The second kappa shape index (κ2) is 4.35. The van der Waals surface area contributed by atoms with Crippen LogP contribution in [0, 0.1) is 17.1 Å². The van der Waals surface area contributed by atoms with E-state index >= 15 is 0 Å². The van der Waals surface area contributed by atoms with Crippen LogP contribution in [0.1, 0.15) is 18.4 Å². The molecule has 1 aliphatic rings. The molecule has 0 unspecified atom stereocenters. The van der Waals surface area contributed by atoms with Gasteiger partial charge in [-0.25, -0.2) is 9.37 Å². The van der Waals surface area contributed by atoms with E-state index in [1.165, 1.54) is 4.68 Å². The van der Waals surface area contributed by atoms with Gasteiger partial charge in [-0.05, 0) is 18.9 Å². The number of halogens is 1. The summed E-state index contributed by atoms with van der Waals surface area (Å²) in [5.74, 6) is -0.356. The third-order valence-corrected chi connectivity index (χ3v) is 2.99. The van der Waals surface area contributed by atoms with Crippen LogP contribution >= 0.6 is 0 Å². The maximum absolute atomic E-state index is 14.0. The lowest BCUT2D eigenvalue weighted by Gasteiger charge is -2.10. The molecule has 2 aromatic rings.